The number of rotatable bonds is 3. The van der Waals surface area contributed by atoms with Gasteiger partial charge in [0.1, 0.15) is 10.8 Å². The maximum absolute atomic E-state index is 5.60. The van der Waals surface area contributed by atoms with E-state index >= 15 is 0 Å². The van der Waals surface area contributed by atoms with Gasteiger partial charge in [-0.2, -0.15) is 0 Å². The molecule has 0 fully saturated rings. The monoisotopic (exact) mass is 209 g/mol. The van der Waals surface area contributed by atoms with Gasteiger partial charge in [0.25, 0.3) is 0 Å². The number of nitrogen functional groups attached to an aromatic ring is 1. The van der Waals surface area contributed by atoms with Crippen LogP contribution in [0.15, 0.2) is 29.0 Å². The van der Waals surface area contributed by atoms with E-state index in [0.29, 0.717) is 6.54 Å². The predicted molar refractivity (Wildman–Crippen MR) is 57.3 cm³/mol. The van der Waals surface area contributed by atoms with Crippen molar-refractivity contribution in [2.24, 2.45) is 0 Å². The molecule has 0 radical (unpaired) electrons. The highest BCUT2D eigenvalue weighted by Crippen LogP contribution is 2.24. The molecule has 5 heteroatoms. The highest BCUT2D eigenvalue weighted by molar-refractivity contribution is 7.19. The number of aromatic nitrogens is 1. The zero-order valence-electron chi connectivity index (χ0n) is 7.80. The van der Waals surface area contributed by atoms with E-state index in [1.165, 1.54) is 11.3 Å². The molecule has 0 unspecified atom stereocenters. The molecule has 2 N–H and O–H groups in total. The second kappa shape index (κ2) is 3.71. The van der Waals surface area contributed by atoms with Crippen molar-refractivity contribution in [3.05, 3.63) is 30.4 Å². The lowest BCUT2D eigenvalue weighted by Crippen LogP contribution is -2.15. The van der Waals surface area contributed by atoms with Crippen LogP contribution in [0, 0.1) is 0 Å². The maximum atomic E-state index is 5.60. The number of anilines is 2. The fourth-order valence-electron chi connectivity index (χ4n) is 1.16. The summed E-state index contributed by atoms with van der Waals surface area (Å²) in [4.78, 5) is 6.17. The van der Waals surface area contributed by atoms with Crippen molar-refractivity contribution in [2.45, 2.75) is 6.54 Å². The van der Waals surface area contributed by atoms with E-state index in [-0.39, 0.29) is 0 Å². The van der Waals surface area contributed by atoms with Crippen LogP contribution in [0.4, 0.5) is 10.1 Å². The molecular weight excluding hydrogens is 198 g/mol. The van der Waals surface area contributed by atoms with Crippen LogP contribution in [0.2, 0.25) is 0 Å². The molecule has 0 bridgehead atoms. The molecule has 0 amide bonds. The molecule has 2 aromatic rings. The minimum absolute atomic E-state index is 0.708. The van der Waals surface area contributed by atoms with Crippen molar-refractivity contribution >= 4 is 21.5 Å². The van der Waals surface area contributed by atoms with E-state index in [9.17, 15) is 0 Å². The van der Waals surface area contributed by atoms with E-state index < -0.39 is 0 Å². The highest BCUT2D eigenvalue weighted by atomic mass is 32.1. The second-order valence-corrected chi connectivity index (χ2v) is 4.02. The zero-order chi connectivity index (χ0) is 9.97. The summed E-state index contributed by atoms with van der Waals surface area (Å²) < 4.78 is 5.24. The van der Waals surface area contributed by atoms with Gasteiger partial charge < -0.3 is 15.1 Å². The number of furan rings is 1. The summed E-state index contributed by atoms with van der Waals surface area (Å²) in [6.45, 7) is 0.708. The first-order chi connectivity index (χ1) is 6.75. The minimum Gasteiger partial charge on any atom is -0.467 e. The molecule has 0 spiro atoms. The largest absolute Gasteiger partial charge is 0.467 e. The molecular formula is C9H11N3OS. The molecule has 0 aliphatic heterocycles. The maximum Gasteiger partial charge on any atom is 0.187 e. The smallest absolute Gasteiger partial charge is 0.187 e. The van der Waals surface area contributed by atoms with E-state index in [2.05, 4.69) is 4.98 Å². The van der Waals surface area contributed by atoms with Gasteiger partial charge in [0, 0.05) is 7.05 Å². The topological polar surface area (TPSA) is 55.3 Å². The third-order valence-electron chi connectivity index (χ3n) is 1.81. The quantitative estimate of drug-likeness (QED) is 0.839. The number of hydrogen-bond donors (Lipinski definition) is 1. The van der Waals surface area contributed by atoms with Gasteiger partial charge in [0.2, 0.25) is 0 Å². The summed E-state index contributed by atoms with van der Waals surface area (Å²) in [5, 5.41) is 1.63. The summed E-state index contributed by atoms with van der Waals surface area (Å²) >= 11 is 1.47. The van der Waals surface area contributed by atoms with Crippen molar-refractivity contribution in [3.63, 3.8) is 0 Å². The lowest BCUT2D eigenvalue weighted by Gasteiger charge is -2.13. The molecule has 0 aliphatic rings. The standard InChI is InChI=1S/C9H11N3OS/c1-12(6-7-3-2-4-13-7)9-11-5-8(10)14-9/h2-5H,6,10H2,1H3. The van der Waals surface area contributed by atoms with Gasteiger partial charge in [0.15, 0.2) is 5.13 Å². The Labute approximate surface area is 86.0 Å². The van der Waals surface area contributed by atoms with Crippen LogP contribution in [0.3, 0.4) is 0 Å². The number of nitrogens with zero attached hydrogens (tertiary/aromatic N) is 2. The van der Waals surface area contributed by atoms with Crippen molar-refractivity contribution in [1.29, 1.82) is 0 Å². The SMILES string of the molecule is CN(Cc1ccco1)c1ncc(N)s1. The normalized spacial score (nSPS) is 10.4. The Morgan fingerprint density at radius 2 is 2.50 bits per heavy atom. The van der Waals surface area contributed by atoms with Crippen molar-refractivity contribution in [2.75, 3.05) is 17.7 Å². The molecule has 2 heterocycles. The Morgan fingerprint density at radius 3 is 3.07 bits per heavy atom. The fraction of sp³-hybridized carbons (Fsp3) is 0.222. The fourth-order valence-corrected chi connectivity index (χ4v) is 1.80. The van der Waals surface area contributed by atoms with Crippen LogP contribution in [-0.4, -0.2) is 12.0 Å². The Kier molecular flexibility index (Phi) is 2.41. The summed E-state index contributed by atoms with van der Waals surface area (Å²) in [6, 6.07) is 3.81. The van der Waals surface area contributed by atoms with Gasteiger partial charge in [-0.05, 0) is 12.1 Å². The summed E-state index contributed by atoms with van der Waals surface area (Å²) in [6.07, 6.45) is 3.33. The van der Waals surface area contributed by atoms with Gasteiger partial charge in [-0.15, -0.1) is 0 Å². The zero-order valence-corrected chi connectivity index (χ0v) is 8.62. The van der Waals surface area contributed by atoms with Crippen molar-refractivity contribution < 1.29 is 4.42 Å². The highest BCUT2D eigenvalue weighted by Gasteiger charge is 2.07. The van der Waals surface area contributed by atoms with Gasteiger partial charge in [0.05, 0.1) is 19.0 Å². The molecule has 4 nitrogen and oxygen atoms in total. The van der Waals surface area contributed by atoms with Crippen LogP contribution in [0.25, 0.3) is 0 Å². The molecule has 0 saturated heterocycles. The van der Waals surface area contributed by atoms with Crippen LogP contribution < -0.4 is 10.6 Å². The Morgan fingerprint density at radius 1 is 1.64 bits per heavy atom. The molecule has 2 aromatic heterocycles. The number of nitrogens with two attached hydrogens (primary N) is 1. The van der Waals surface area contributed by atoms with Crippen molar-refractivity contribution in [3.8, 4) is 0 Å². The van der Waals surface area contributed by atoms with Crippen LogP contribution in [-0.2, 0) is 6.54 Å². The van der Waals surface area contributed by atoms with E-state index in [1.54, 1.807) is 12.5 Å². The van der Waals surface area contributed by atoms with Gasteiger partial charge in [-0.3, -0.25) is 0 Å². The van der Waals surface area contributed by atoms with E-state index in [1.807, 2.05) is 24.1 Å². The van der Waals surface area contributed by atoms with Crippen LogP contribution in [0.5, 0.6) is 0 Å². The molecule has 0 aliphatic carbocycles. The molecule has 2 rings (SSSR count). The molecule has 74 valence electrons. The predicted octanol–water partition coefficient (Wildman–Crippen LogP) is 1.95. The van der Waals surface area contributed by atoms with Gasteiger partial charge in [-0.25, -0.2) is 4.98 Å². The summed E-state index contributed by atoms with van der Waals surface area (Å²) in [5.41, 5.74) is 5.60. The average molecular weight is 209 g/mol. The molecule has 14 heavy (non-hydrogen) atoms. The Bertz CT molecular complexity index is 396. The third kappa shape index (κ3) is 1.88. The molecule has 0 saturated carbocycles. The Balaban J connectivity index is 2.06. The average Bonchev–Trinajstić information content (AvgIpc) is 2.75. The van der Waals surface area contributed by atoms with E-state index in [0.717, 1.165) is 15.9 Å². The van der Waals surface area contributed by atoms with Gasteiger partial charge >= 0.3 is 0 Å². The first kappa shape index (κ1) is 9.08. The van der Waals surface area contributed by atoms with Crippen LogP contribution in [0.1, 0.15) is 5.76 Å². The lowest BCUT2D eigenvalue weighted by molar-refractivity contribution is 0.507. The first-order valence-electron chi connectivity index (χ1n) is 4.20. The van der Waals surface area contributed by atoms with Crippen LogP contribution >= 0.6 is 11.3 Å². The lowest BCUT2D eigenvalue weighted by atomic mass is 10.4. The summed E-state index contributed by atoms with van der Waals surface area (Å²) in [7, 11) is 1.96. The second-order valence-electron chi connectivity index (χ2n) is 2.98. The van der Waals surface area contributed by atoms with Crippen molar-refractivity contribution in [1.82, 2.24) is 4.98 Å². The third-order valence-corrected chi connectivity index (χ3v) is 2.75. The number of thiazole rings is 1. The molecule has 0 aromatic carbocycles. The Hall–Kier alpha value is -1.49. The van der Waals surface area contributed by atoms with E-state index in [4.69, 9.17) is 10.2 Å². The number of hydrogen-bond acceptors (Lipinski definition) is 5. The summed E-state index contributed by atoms with van der Waals surface area (Å²) in [5.74, 6) is 0.918. The molecule has 0 atom stereocenters. The first-order valence-corrected chi connectivity index (χ1v) is 5.02. The minimum atomic E-state index is 0.708. The van der Waals surface area contributed by atoms with Gasteiger partial charge in [-0.1, -0.05) is 11.3 Å².